The summed E-state index contributed by atoms with van der Waals surface area (Å²) in [6.07, 6.45) is -30.5. The number of Topliss-reactive ketones (excluding diaryl/α,β-unsaturated/α-hetero) is 1. The van der Waals surface area contributed by atoms with Gasteiger partial charge >= 0.3 is 36.0 Å². The van der Waals surface area contributed by atoms with E-state index in [-0.39, 0.29) is 0 Å². The number of hydrogen-bond donors (Lipinski definition) is 0. The largest absolute Gasteiger partial charge is 0.439 e. The van der Waals surface area contributed by atoms with Crippen molar-refractivity contribution in [3.63, 3.8) is 0 Å². The van der Waals surface area contributed by atoms with E-state index in [4.69, 9.17) is 0 Å². The minimum Gasteiger partial charge on any atom is -0.291 e. The SMILES string of the molecule is O=C(C(F)(C(F)(F)F)C(F)(F)F)C(F)(C(F)(F)F)C(F)(F)F. The first-order valence-electron chi connectivity index (χ1n) is 4.35. The summed E-state index contributed by atoms with van der Waals surface area (Å²) in [5, 5.41) is 0. The molecule has 0 radical (unpaired) electrons. The highest BCUT2D eigenvalue weighted by Crippen LogP contribution is 2.55. The van der Waals surface area contributed by atoms with Gasteiger partial charge in [0.25, 0.3) is 0 Å². The van der Waals surface area contributed by atoms with E-state index in [0.29, 0.717) is 0 Å². The minimum atomic E-state index is -7.72. The zero-order chi connectivity index (χ0) is 18.6. The Hall–Kier alpha value is -1.31. The van der Waals surface area contributed by atoms with E-state index in [0.717, 1.165) is 0 Å². The molecule has 1 nitrogen and oxygen atoms in total. The van der Waals surface area contributed by atoms with Gasteiger partial charge in [0.05, 0.1) is 0 Å². The van der Waals surface area contributed by atoms with Crippen LogP contribution in [0.4, 0.5) is 61.5 Å². The smallest absolute Gasteiger partial charge is 0.291 e. The van der Waals surface area contributed by atoms with Gasteiger partial charge in [-0.1, -0.05) is 0 Å². The summed E-state index contributed by atoms with van der Waals surface area (Å²) in [6.45, 7) is 0. The molecule has 0 aromatic heterocycles. The molecule has 0 aromatic rings. The zero-order valence-electron chi connectivity index (χ0n) is 9.20. The van der Waals surface area contributed by atoms with Crippen LogP contribution in [0.15, 0.2) is 0 Å². The van der Waals surface area contributed by atoms with Crippen molar-refractivity contribution < 1.29 is 66.3 Å². The number of rotatable bonds is 2. The van der Waals surface area contributed by atoms with E-state index in [1.54, 1.807) is 0 Å². The maximum Gasteiger partial charge on any atom is 0.439 e. The lowest BCUT2D eigenvalue weighted by Gasteiger charge is -2.36. The van der Waals surface area contributed by atoms with E-state index < -0.39 is 41.8 Å². The Morgan fingerprint density at radius 3 is 0.636 bits per heavy atom. The van der Waals surface area contributed by atoms with Crippen LogP contribution in [0.25, 0.3) is 0 Å². The van der Waals surface area contributed by atoms with Crippen LogP contribution in [-0.4, -0.2) is 41.8 Å². The van der Waals surface area contributed by atoms with Gasteiger partial charge in [0.1, 0.15) is 0 Å². The van der Waals surface area contributed by atoms with E-state index in [1.807, 2.05) is 0 Å². The topological polar surface area (TPSA) is 17.1 Å². The molecular weight excluding hydrogens is 366 g/mol. The van der Waals surface area contributed by atoms with Crippen LogP contribution in [0.2, 0.25) is 0 Å². The molecule has 0 bridgehead atoms. The van der Waals surface area contributed by atoms with Crippen LogP contribution in [0.3, 0.4) is 0 Å². The maximum atomic E-state index is 12.9. The lowest BCUT2D eigenvalue weighted by Crippen LogP contribution is -2.71. The van der Waals surface area contributed by atoms with Gasteiger partial charge in [-0.2, -0.15) is 52.7 Å². The molecule has 132 valence electrons. The van der Waals surface area contributed by atoms with Crippen molar-refractivity contribution in [3.8, 4) is 0 Å². The lowest BCUT2D eigenvalue weighted by atomic mass is 9.85. The van der Waals surface area contributed by atoms with Crippen molar-refractivity contribution in [2.24, 2.45) is 0 Å². The highest BCUT2D eigenvalue weighted by atomic mass is 19.4. The van der Waals surface area contributed by atoms with Gasteiger partial charge < -0.3 is 0 Å². The van der Waals surface area contributed by atoms with E-state index >= 15 is 0 Å². The fourth-order valence-corrected chi connectivity index (χ4v) is 1.07. The van der Waals surface area contributed by atoms with Gasteiger partial charge in [-0.15, -0.1) is 0 Å². The predicted molar refractivity (Wildman–Crippen MR) is 36.9 cm³/mol. The van der Waals surface area contributed by atoms with Crippen LogP contribution in [0, 0.1) is 0 Å². The monoisotopic (exact) mass is 366 g/mol. The van der Waals surface area contributed by atoms with Gasteiger partial charge in [0.2, 0.25) is 5.78 Å². The molecule has 0 saturated heterocycles. The van der Waals surface area contributed by atoms with E-state index in [1.165, 1.54) is 0 Å². The molecule has 0 atom stereocenters. The lowest BCUT2D eigenvalue weighted by molar-refractivity contribution is -0.357. The number of alkyl halides is 14. The van der Waals surface area contributed by atoms with E-state index in [2.05, 4.69) is 0 Å². The summed E-state index contributed by atoms with van der Waals surface area (Å²) >= 11 is 0. The molecule has 0 spiro atoms. The molecule has 0 unspecified atom stereocenters. The van der Waals surface area contributed by atoms with Crippen molar-refractivity contribution >= 4 is 5.78 Å². The Balaban J connectivity index is 6.62. The van der Waals surface area contributed by atoms with Crippen molar-refractivity contribution in [3.05, 3.63) is 0 Å². The van der Waals surface area contributed by atoms with Crippen LogP contribution < -0.4 is 0 Å². The Bertz CT molecular complexity index is 364. The molecule has 0 aliphatic heterocycles. The zero-order valence-corrected chi connectivity index (χ0v) is 9.20. The highest BCUT2D eigenvalue weighted by Gasteiger charge is 2.89. The molecule has 0 N–H and O–H groups in total. The number of ketones is 1. The Morgan fingerprint density at radius 2 is 0.545 bits per heavy atom. The number of carbonyl (C=O) groups is 1. The summed E-state index contributed by atoms with van der Waals surface area (Å²) in [7, 11) is 0. The average molecular weight is 366 g/mol. The molecule has 22 heavy (non-hydrogen) atoms. The molecule has 0 aliphatic carbocycles. The van der Waals surface area contributed by atoms with Crippen LogP contribution in [-0.2, 0) is 4.79 Å². The summed E-state index contributed by atoms with van der Waals surface area (Å²) in [5.74, 6) is -5.43. The predicted octanol–water partition coefficient (Wildman–Crippen LogP) is 4.22. The molecule has 0 aliphatic rings. The van der Waals surface area contributed by atoms with Gasteiger partial charge in [-0.05, 0) is 0 Å². The first-order valence-corrected chi connectivity index (χ1v) is 4.35. The Kier molecular flexibility index (Phi) is 4.55. The van der Waals surface area contributed by atoms with E-state index in [9.17, 15) is 66.3 Å². The molecule has 15 heteroatoms. The molecule has 0 fully saturated rings. The molecule has 0 rings (SSSR count). The second kappa shape index (κ2) is 4.84. The minimum absolute atomic E-state index is 5.43. The highest BCUT2D eigenvalue weighted by molar-refractivity contribution is 5.98. The third-order valence-corrected chi connectivity index (χ3v) is 2.19. The van der Waals surface area contributed by atoms with Crippen LogP contribution in [0.1, 0.15) is 0 Å². The van der Waals surface area contributed by atoms with Gasteiger partial charge in [-0.3, -0.25) is 4.79 Å². The molecule has 0 aromatic carbocycles. The van der Waals surface area contributed by atoms with Crippen LogP contribution in [0.5, 0.6) is 0 Å². The third kappa shape index (κ3) is 2.68. The van der Waals surface area contributed by atoms with Gasteiger partial charge in [0.15, 0.2) is 0 Å². The Labute approximate surface area is 109 Å². The molecule has 0 heterocycles. The van der Waals surface area contributed by atoms with Crippen molar-refractivity contribution in [2.45, 2.75) is 36.0 Å². The summed E-state index contributed by atoms with van der Waals surface area (Å²) < 4.78 is 169. The maximum absolute atomic E-state index is 12.9. The molecule has 0 saturated carbocycles. The average Bonchev–Trinajstić information content (AvgIpc) is 2.19. The third-order valence-electron chi connectivity index (χ3n) is 2.19. The fraction of sp³-hybridized carbons (Fsp3) is 0.857. The molecule has 0 amide bonds. The van der Waals surface area contributed by atoms with Crippen molar-refractivity contribution in [2.75, 3.05) is 0 Å². The number of hydrogen-bond acceptors (Lipinski definition) is 1. The quantitative estimate of drug-likeness (QED) is 0.669. The second-order valence-corrected chi connectivity index (χ2v) is 3.64. The number of carbonyl (C=O) groups excluding carboxylic acids is 1. The van der Waals surface area contributed by atoms with Gasteiger partial charge in [0, 0.05) is 0 Å². The standard InChI is InChI=1S/C7F14O/c8-2(4(10,11)12,5(13,14)15)1(22)3(9,6(16,17)18)7(19,20)21. The van der Waals surface area contributed by atoms with Crippen molar-refractivity contribution in [1.29, 1.82) is 0 Å². The summed E-state index contributed by atoms with van der Waals surface area (Å²) in [5.41, 5.74) is -15.4. The normalized spacial score (nSPS) is 15.9. The number of halogens is 14. The summed E-state index contributed by atoms with van der Waals surface area (Å²) in [6, 6.07) is 0. The van der Waals surface area contributed by atoms with Crippen molar-refractivity contribution in [1.82, 2.24) is 0 Å². The Morgan fingerprint density at radius 1 is 0.409 bits per heavy atom. The second-order valence-electron chi connectivity index (χ2n) is 3.64. The van der Waals surface area contributed by atoms with Crippen LogP contribution >= 0.6 is 0 Å². The molecular formula is C7F14O. The van der Waals surface area contributed by atoms with Gasteiger partial charge in [-0.25, -0.2) is 8.78 Å². The fourth-order valence-electron chi connectivity index (χ4n) is 1.07. The first-order chi connectivity index (χ1) is 9.15. The summed E-state index contributed by atoms with van der Waals surface area (Å²) in [4.78, 5) is 10.4. The first kappa shape index (κ1) is 20.7.